The molecule has 2 rings (SSSR count). The smallest absolute Gasteiger partial charge is 0.244 e. The Labute approximate surface area is 172 Å². The molecule has 0 saturated heterocycles. The van der Waals surface area contributed by atoms with E-state index >= 15 is 0 Å². The van der Waals surface area contributed by atoms with Crippen LogP contribution >= 0.6 is 11.6 Å². The molecule has 0 fully saturated rings. The van der Waals surface area contributed by atoms with E-state index in [1.807, 2.05) is 45.0 Å². The van der Waals surface area contributed by atoms with Crippen molar-refractivity contribution in [1.29, 1.82) is 0 Å². The molecule has 0 unspecified atom stereocenters. The van der Waals surface area contributed by atoms with Crippen molar-refractivity contribution < 1.29 is 13.2 Å². The van der Waals surface area contributed by atoms with Gasteiger partial charge in [0.2, 0.25) is 15.9 Å². The number of halogens is 1. The Hall–Kier alpha value is -2.05. The normalized spacial score (nSPS) is 13.6. The zero-order valence-corrected chi connectivity index (χ0v) is 18.4. The first-order valence-corrected chi connectivity index (χ1v) is 11.4. The summed E-state index contributed by atoms with van der Waals surface area (Å²) in [5, 5.41) is 3.42. The molecule has 152 valence electrons. The van der Waals surface area contributed by atoms with Gasteiger partial charge in [-0.25, -0.2) is 8.42 Å². The van der Waals surface area contributed by atoms with E-state index in [1.165, 1.54) is 0 Å². The van der Waals surface area contributed by atoms with Crippen molar-refractivity contribution in [3.63, 3.8) is 0 Å². The fraction of sp³-hybridized carbons (Fsp3) is 0.381. The highest BCUT2D eigenvalue weighted by Gasteiger charge is 2.30. The second kappa shape index (κ2) is 8.97. The molecule has 1 amide bonds. The lowest BCUT2D eigenvalue weighted by molar-refractivity contribution is -0.122. The Morgan fingerprint density at radius 2 is 1.75 bits per heavy atom. The van der Waals surface area contributed by atoms with E-state index in [2.05, 4.69) is 5.32 Å². The van der Waals surface area contributed by atoms with Crippen molar-refractivity contribution in [3.8, 4) is 0 Å². The van der Waals surface area contributed by atoms with Gasteiger partial charge in [-0.2, -0.15) is 0 Å². The summed E-state index contributed by atoms with van der Waals surface area (Å²) in [6.07, 6.45) is 1.78. The molecule has 0 aromatic heterocycles. The van der Waals surface area contributed by atoms with Crippen molar-refractivity contribution in [2.45, 2.75) is 46.2 Å². The minimum atomic E-state index is -3.69. The summed E-state index contributed by atoms with van der Waals surface area (Å²) in [7, 11) is -3.69. The summed E-state index contributed by atoms with van der Waals surface area (Å²) in [6.45, 7) is 7.39. The molecule has 1 N–H and O–H groups in total. The average molecular weight is 423 g/mol. The van der Waals surface area contributed by atoms with Crippen molar-refractivity contribution in [2.75, 3.05) is 10.6 Å². The van der Waals surface area contributed by atoms with Crippen LogP contribution in [0.1, 0.15) is 43.0 Å². The van der Waals surface area contributed by atoms with Crippen LogP contribution in [0.3, 0.4) is 0 Å². The maximum Gasteiger partial charge on any atom is 0.244 e. The third-order valence-corrected chi connectivity index (χ3v) is 6.35. The first kappa shape index (κ1) is 22.2. The summed E-state index contributed by atoms with van der Waals surface area (Å²) < 4.78 is 26.0. The second-order valence-electron chi connectivity index (χ2n) is 7.05. The summed E-state index contributed by atoms with van der Waals surface area (Å²) in [5.41, 5.74) is 3.32. The van der Waals surface area contributed by atoms with Gasteiger partial charge in [-0.05, 0) is 50.5 Å². The summed E-state index contributed by atoms with van der Waals surface area (Å²) in [5.74, 6) is -0.366. The minimum absolute atomic E-state index is 0.196. The van der Waals surface area contributed by atoms with Crippen molar-refractivity contribution in [1.82, 2.24) is 5.32 Å². The fourth-order valence-corrected chi connectivity index (χ4v) is 4.38. The summed E-state index contributed by atoms with van der Waals surface area (Å²) in [6, 6.07) is 11.8. The van der Waals surface area contributed by atoms with Crippen LogP contribution in [0, 0.1) is 13.8 Å². The molecular formula is C21H27ClN2O3S. The number of nitrogens with zero attached hydrogens (tertiary/aromatic N) is 1. The van der Waals surface area contributed by atoms with Crippen LogP contribution in [0.25, 0.3) is 0 Å². The van der Waals surface area contributed by atoms with Crippen molar-refractivity contribution in [2.24, 2.45) is 0 Å². The molecule has 7 heteroatoms. The molecule has 0 saturated carbocycles. The van der Waals surface area contributed by atoms with Crippen LogP contribution in [0.5, 0.6) is 0 Å². The number of benzene rings is 2. The fourth-order valence-electron chi connectivity index (χ4n) is 3.04. The van der Waals surface area contributed by atoms with E-state index < -0.39 is 16.1 Å². The number of rotatable bonds is 7. The van der Waals surface area contributed by atoms with Gasteiger partial charge in [-0.3, -0.25) is 9.10 Å². The zero-order chi connectivity index (χ0) is 21.1. The Balaban J connectivity index is 2.30. The third kappa shape index (κ3) is 5.26. The Kier molecular flexibility index (Phi) is 7.12. The van der Waals surface area contributed by atoms with E-state index in [1.54, 1.807) is 25.1 Å². The highest BCUT2D eigenvalue weighted by Crippen LogP contribution is 2.27. The molecule has 0 aliphatic carbocycles. The zero-order valence-electron chi connectivity index (χ0n) is 16.9. The third-order valence-electron chi connectivity index (χ3n) is 4.70. The molecule has 0 spiro atoms. The second-order valence-corrected chi connectivity index (χ2v) is 9.32. The monoisotopic (exact) mass is 422 g/mol. The van der Waals surface area contributed by atoms with E-state index in [4.69, 9.17) is 11.6 Å². The summed E-state index contributed by atoms with van der Waals surface area (Å²) >= 11 is 6.17. The Morgan fingerprint density at radius 3 is 2.25 bits per heavy atom. The lowest BCUT2D eigenvalue weighted by atomic mass is 10.0. The summed E-state index contributed by atoms with van der Waals surface area (Å²) in [4.78, 5) is 12.9. The van der Waals surface area contributed by atoms with Gasteiger partial charge >= 0.3 is 0 Å². The van der Waals surface area contributed by atoms with Crippen LogP contribution in [0.15, 0.2) is 42.5 Å². The maximum atomic E-state index is 12.9. The van der Waals surface area contributed by atoms with Gasteiger partial charge in [-0.15, -0.1) is 0 Å². The quantitative estimate of drug-likeness (QED) is 0.720. The number of carbonyl (C=O) groups is 1. The molecule has 2 aromatic carbocycles. The first-order valence-electron chi connectivity index (χ1n) is 9.17. The number of nitrogens with one attached hydrogen (secondary N) is 1. The SMILES string of the molecule is CC[C@@H](NC(=O)[C@@H](C)N(c1ccc(C)c(Cl)c1)S(C)(=O)=O)c1ccc(C)cc1. The molecule has 0 aliphatic heterocycles. The van der Waals surface area contributed by atoms with Gasteiger partial charge in [0, 0.05) is 5.02 Å². The van der Waals surface area contributed by atoms with Crippen LogP contribution in [-0.2, 0) is 14.8 Å². The minimum Gasteiger partial charge on any atom is -0.347 e. The van der Waals surface area contributed by atoms with Gasteiger partial charge in [0.1, 0.15) is 6.04 Å². The lowest BCUT2D eigenvalue weighted by Crippen LogP contribution is -2.48. The van der Waals surface area contributed by atoms with Gasteiger partial charge in [-0.1, -0.05) is 54.4 Å². The largest absolute Gasteiger partial charge is 0.347 e. The number of aryl methyl sites for hydroxylation is 2. The van der Waals surface area contributed by atoms with Crippen LogP contribution < -0.4 is 9.62 Å². The predicted molar refractivity (Wildman–Crippen MR) is 115 cm³/mol. The molecule has 0 bridgehead atoms. The topological polar surface area (TPSA) is 66.5 Å². The Bertz CT molecular complexity index is 943. The molecular weight excluding hydrogens is 396 g/mol. The predicted octanol–water partition coefficient (Wildman–Crippen LogP) is 4.38. The number of anilines is 1. The number of hydrogen-bond donors (Lipinski definition) is 1. The lowest BCUT2D eigenvalue weighted by Gasteiger charge is -2.30. The van der Waals surface area contributed by atoms with Gasteiger partial charge in [0.25, 0.3) is 0 Å². The first-order chi connectivity index (χ1) is 13.0. The molecule has 2 atom stereocenters. The highest BCUT2D eigenvalue weighted by atomic mass is 35.5. The van der Waals surface area contributed by atoms with Gasteiger partial charge in [0.05, 0.1) is 18.0 Å². The maximum absolute atomic E-state index is 12.9. The highest BCUT2D eigenvalue weighted by molar-refractivity contribution is 7.92. The molecule has 2 aromatic rings. The van der Waals surface area contributed by atoms with E-state index in [9.17, 15) is 13.2 Å². The van der Waals surface area contributed by atoms with E-state index in [-0.39, 0.29) is 11.9 Å². The molecule has 0 radical (unpaired) electrons. The molecule has 0 heterocycles. The number of sulfonamides is 1. The van der Waals surface area contributed by atoms with Crippen LogP contribution in [0.4, 0.5) is 5.69 Å². The van der Waals surface area contributed by atoms with E-state index in [0.717, 1.165) is 27.3 Å². The van der Waals surface area contributed by atoms with Gasteiger partial charge in [0.15, 0.2) is 0 Å². The van der Waals surface area contributed by atoms with Crippen LogP contribution in [-0.4, -0.2) is 26.6 Å². The van der Waals surface area contributed by atoms with E-state index in [0.29, 0.717) is 17.1 Å². The molecule has 0 aliphatic rings. The average Bonchev–Trinajstić information content (AvgIpc) is 2.62. The van der Waals surface area contributed by atoms with Crippen LogP contribution in [0.2, 0.25) is 5.02 Å². The van der Waals surface area contributed by atoms with Gasteiger partial charge < -0.3 is 5.32 Å². The van der Waals surface area contributed by atoms with Crippen molar-refractivity contribution >= 4 is 33.2 Å². The number of carbonyl (C=O) groups excluding carboxylic acids is 1. The molecule has 28 heavy (non-hydrogen) atoms. The standard InChI is InChI=1S/C21H27ClN2O3S/c1-6-20(17-10-7-14(2)8-11-17)23-21(25)16(4)24(28(5,26)27)18-12-9-15(3)19(22)13-18/h7-13,16,20H,6H2,1-5H3,(H,23,25)/t16-,20-/m1/s1. The number of amides is 1. The molecule has 5 nitrogen and oxygen atoms in total. The number of hydrogen-bond acceptors (Lipinski definition) is 3. The Morgan fingerprint density at radius 1 is 1.14 bits per heavy atom. The van der Waals surface area contributed by atoms with Crippen molar-refractivity contribution in [3.05, 3.63) is 64.2 Å².